The van der Waals surface area contributed by atoms with E-state index in [1.54, 1.807) is 30.3 Å². The lowest BCUT2D eigenvalue weighted by Gasteiger charge is -2.21. The Kier molecular flexibility index (Phi) is 6.33. The number of benzene rings is 1. The first-order chi connectivity index (χ1) is 13.7. The van der Waals surface area contributed by atoms with Crippen molar-refractivity contribution in [3.8, 4) is 11.3 Å². The number of thiocarbonyl (C=S) groups is 1. The molecule has 0 saturated carbocycles. The molecule has 1 aromatic heterocycles. The quantitative estimate of drug-likeness (QED) is 0.471. The van der Waals surface area contributed by atoms with Crippen molar-refractivity contribution in [3.05, 3.63) is 51.0 Å². The molecule has 0 unspecified atom stereocenters. The fourth-order valence-corrected chi connectivity index (χ4v) is 4.31. The Bertz CT molecular complexity index is 1060. The van der Waals surface area contributed by atoms with E-state index in [0.29, 0.717) is 27.1 Å². The van der Waals surface area contributed by atoms with Crippen molar-refractivity contribution in [3.63, 3.8) is 0 Å². The summed E-state index contributed by atoms with van der Waals surface area (Å²) in [4.78, 5) is 35.9. The minimum atomic E-state index is -1.59. The highest BCUT2D eigenvalue weighted by Gasteiger charge is 2.41. The van der Waals surface area contributed by atoms with E-state index < -0.39 is 30.3 Å². The zero-order chi connectivity index (χ0) is 21.3. The molecule has 1 aliphatic rings. The molecule has 2 N–H and O–H groups in total. The molecule has 2 aromatic rings. The monoisotopic (exact) mass is 471 g/mol. The Balaban J connectivity index is 1.88. The average Bonchev–Trinajstić information content (AvgIpc) is 3.20. The topological polar surface area (TPSA) is 108 Å². The Morgan fingerprint density at radius 3 is 2.62 bits per heavy atom. The van der Waals surface area contributed by atoms with Gasteiger partial charge in [0.15, 0.2) is 0 Å². The highest BCUT2D eigenvalue weighted by atomic mass is 35.5. The van der Waals surface area contributed by atoms with E-state index in [0.717, 1.165) is 16.7 Å². The second-order valence-electron chi connectivity index (χ2n) is 5.83. The van der Waals surface area contributed by atoms with Crippen LogP contribution in [0.25, 0.3) is 17.4 Å². The minimum absolute atomic E-state index is 0.0421. The van der Waals surface area contributed by atoms with E-state index in [9.17, 15) is 19.5 Å². The molecule has 1 atom stereocenters. The predicted molar refractivity (Wildman–Crippen MR) is 113 cm³/mol. The van der Waals surface area contributed by atoms with Crippen LogP contribution in [0.1, 0.15) is 12.2 Å². The van der Waals surface area contributed by atoms with Crippen LogP contribution < -0.4 is 0 Å². The molecule has 3 rings (SSSR count). The number of hydrogen-bond acceptors (Lipinski definition) is 6. The van der Waals surface area contributed by atoms with E-state index >= 15 is 0 Å². The average molecular weight is 472 g/mol. The summed E-state index contributed by atoms with van der Waals surface area (Å²) in [6.07, 6.45) is 0.633. The van der Waals surface area contributed by atoms with Crippen molar-refractivity contribution in [1.82, 2.24) is 4.90 Å². The van der Waals surface area contributed by atoms with E-state index in [-0.39, 0.29) is 9.23 Å². The van der Waals surface area contributed by atoms with Crippen molar-refractivity contribution in [1.29, 1.82) is 0 Å². The number of rotatable bonds is 6. The summed E-state index contributed by atoms with van der Waals surface area (Å²) in [5, 5.41) is 19.1. The van der Waals surface area contributed by atoms with Gasteiger partial charge in [0.05, 0.1) is 16.3 Å². The van der Waals surface area contributed by atoms with Gasteiger partial charge in [-0.1, -0.05) is 47.2 Å². The molecule has 1 aliphatic heterocycles. The predicted octanol–water partition coefficient (Wildman–Crippen LogP) is 4.38. The maximum absolute atomic E-state index is 12.6. The highest BCUT2D eigenvalue weighted by molar-refractivity contribution is 8.26. The van der Waals surface area contributed by atoms with Crippen molar-refractivity contribution in [2.24, 2.45) is 0 Å². The van der Waals surface area contributed by atoms with Crippen LogP contribution in [-0.4, -0.2) is 43.3 Å². The smallest absolute Gasteiger partial charge is 0.327 e. The third-order valence-electron chi connectivity index (χ3n) is 3.88. The number of amides is 1. The van der Waals surface area contributed by atoms with Crippen LogP contribution in [0.15, 0.2) is 39.7 Å². The summed E-state index contributed by atoms with van der Waals surface area (Å²) in [6.45, 7) is 0. The number of hydrogen-bond donors (Lipinski definition) is 2. The molecule has 1 amide bonds. The maximum atomic E-state index is 12.6. The molecule has 29 heavy (non-hydrogen) atoms. The van der Waals surface area contributed by atoms with Crippen molar-refractivity contribution in [2.45, 2.75) is 12.5 Å². The van der Waals surface area contributed by atoms with Crippen molar-refractivity contribution in [2.75, 3.05) is 0 Å². The number of carbonyl (C=O) groups is 3. The normalized spacial score (nSPS) is 16.5. The fourth-order valence-electron chi connectivity index (χ4n) is 2.59. The molecule has 0 aliphatic carbocycles. The van der Waals surface area contributed by atoms with Gasteiger partial charge in [0, 0.05) is 16.7 Å². The Hall–Kier alpha value is -2.33. The highest BCUT2D eigenvalue weighted by Crippen LogP contribution is 2.36. The molecule has 1 aromatic carbocycles. The molecule has 1 saturated heterocycles. The first kappa shape index (κ1) is 21.4. The standard InChI is InChI=1S/C18H11Cl2NO6S2/c19-8-1-3-11(20)10(5-8)13-4-2-9(27-13)6-14-16(24)21(18(28)29-14)12(17(25)26)7-15(22)23/h1-6,12H,7H2,(H,22,23)(H,25,26)/b14-6+/t12-/m0/s1. The van der Waals surface area contributed by atoms with Crippen molar-refractivity contribution >= 4 is 75.4 Å². The van der Waals surface area contributed by atoms with Gasteiger partial charge in [-0.3, -0.25) is 14.5 Å². The molecule has 0 radical (unpaired) electrons. The lowest BCUT2D eigenvalue weighted by atomic mass is 10.2. The number of halogens is 2. The number of thioether (sulfide) groups is 1. The van der Waals surface area contributed by atoms with Gasteiger partial charge in [0.25, 0.3) is 5.91 Å². The van der Waals surface area contributed by atoms with Crippen LogP contribution in [0.4, 0.5) is 0 Å². The van der Waals surface area contributed by atoms with Crippen LogP contribution in [-0.2, 0) is 14.4 Å². The zero-order valence-electron chi connectivity index (χ0n) is 14.3. The number of nitrogens with zero attached hydrogens (tertiary/aromatic N) is 1. The molecule has 0 spiro atoms. The Labute approximate surface area is 183 Å². The van der Waals surface area contributed by atoms with Crippen LogP contribution in [0.2, 0.25) is 10.0 Å². The second-order valence-corrected chi connectivity index (χ2v) is 8.35. The summed E-state index contributed by atoms with van der Waals surface area (Å²) < 4.78 is 5.66. The van der Waals surface area contributed by atoms with Gasteiger partial charge in [-0.15, -0.1) is 0 Å². The van der Waals surface area contributed by atoms with Gasteiger partial charge in [-0.25, -0.2) is 4.79 Å². The number of carboxylic acids is 2. The minimum Gasteiger partial charge on any atom is -0.481 e. The summed E-state index contributed by atoms with van der Waals surface area (Å²) >= 11 is 18.1. The van der Waals surface area contributed by atoms with Gasteiger partial charge in [-0.2, -0.15) is 0 Å². The molecule has 1 fully saturated rings. The van der Waals surface area contributed by atoms with Crippen LogP contribution >= 0.6 is 47.2 Å². The second kappa shape index (κ2) is 8.58. The maximum Gasteiger partial charge on any atom is 0.327 e. The Morgan fingerprint density at radius 2 is 1.97 bits per heavy atom. The lowest BCUT2D eigenvalue weighted by Crippen LogP contribution is -2.45. The number of carbonyl (C=O) groups excluding carboxylic acids is 1. The molecule has 7 nitrogen and oxygen atoms in total. The van der Waals surface area contributed by atoms with E-state index in [4.69, 9.17) is 44.9 Å². The van der Waals surface area contributed by atoms with Gasteiger partial charge in [0.2, 0.25) is 0 Å². The van der Waals surface area contributed by atoms with Crippen LogP contribution in [0, 0.1) is 0 Å². The van der Waals surface area contributed by atoms with Crippen LogP contribution in [0.5, 0.6) is 0 Å². The SMILES string of the molecule is O=C(O)C[C@@H](C(=O)O)N1C(=O)/C(=C\c2ccc(-c3cc(Cl)ccc3Cl)o2)SC1=S. The third kappa shape index (κ3) is 4.64. The summed E-state index contributed by atoms with van der Waals surface area (Å²) in [6, 6.07) is 6.55. The summed E-state index contributed by atoms with van der Waals surface area (Å²) in [5.74, 6) is -2.78. The molecular formula is C18H11Cl2NO6S2. The van der Waals surface area contributed by atoms with Gasteiger partial charge >= 0.3 is 11.9 Å². The van der Waals surface area contributed by atoms with E-state index in [1.165, 1.54) is 6.08 Å². The third-order valence-corrected chi connectivity index (χ3v) is 5.78. The van der Waals surface area contributed by atoms with Crippen molar-refractivity contribution < 1.29 is 29.0 Å². The van der Waals surface area contributed by atoms with E-state index in [1.807, 2.05) is 0 Å². The molecule has 2 heterocycles. The van der Waals surface area contributed by atoms with E-state index in [2.05, 4.69) is 0 Å². The molecular weight excluding hydrogens is 461 g/mol. The van der Waals surface area contributed by atoms with Gasteiger partial charge < -0.3 is 14.6 Å². The van der Waals surface area contributed by atoms with Gasteiger partial charge in [0.1, 0.15) is 21.9 Å². The first-order valence-corrected chi connectivity index (χ1v) is 9.92. The lowest BCUT2D eigenvalue weighted by molar-refractivity contribution is -0.150. The fraction of sp³-hybridized carbons (Fsp3) is 0.111. The van der Waals surface area contributed by atoms with Crippen LogP contribution in [0.3, 0.4) is 0 Å². The number of aliphatic carboxylic acids is 2. The number of carboxylic acid groups (broad SMARTS) is 2. The molecule has 0 bridgehead atoms. The molecule has 11 heteroatoms. The first-order valence-electron chi connectivity index (χ1n) is 7.94. The zero-order valence-corrected chi connectivity index (χ0v) is 17.4. The Morgan fingerprint density at radius 1 is 1.24 bits per heavy atom. The summed E-state index contributed by atoms with van der Waals surface area (Å²) in [7, 11) is 0. The molecule has 150 valence electrons. The largest absolute Gasteiger partial charge is 0.481 e. The van der Waals surface area contributed by atoms with Gasteiger partial charge in [-0.05, 0) is 30.3 Å². The summed E-state index contributed by atoms with van der Waals surface area (Å²) in [5.41, 5.74) is 0.568. The number of furan rings is 1.